The minimum absolute atomic E-state index is 0.255. The fraction of sp³-hybridized carbons (Fsp3) is 0.667. The molecule has 0 radical (unpaired) electrons. The van der Waals surface area contributed by atoms with Gasteiger partial charge in [0, 0.05) is 12.3 Å². The van der Waals surface area contributed by atoms with Crippen LogP contribution in [-0.2, 0) is 37.3 Å². The van der Waals surface area contributed by atoms with Crippen LogP contribution in [0.25, 0.3) is 0 Å². The van der Waals surface area contributed by atoms with Crippen molar-refractivity contribution < 1.29 is 51.7 Å². The maximum Gasteiger partial charge on any atom is 0.516 e. The Labute approximate surface area is 212 Å². The topological polar surface area (TPSA) is 188 Å². The summed E-state index contributed by atoms with van der Waals surface area (Å²) in [6, 6.07) is 1.12. The maximum absolute atomic E-state index is 13.2. The molecule has 1 rings (SSSR count). The summed E-state index contributed by atoms with van der Waals surface area (Å²) in [7, 11) is -4.89. The number of carbonyl (C=O) groups is 3. The highest BCUT2D eigenvalue weighted by Gasteiger charge is 2.41. The molecule has 0 saturated heterocycles. The van der Waals surface area contributed by atoms with Crippen molar-refractivity contribution in [2.24, 2.45) is 0 Å². The van der Waals surface area contributed by atoms with Gasteiger partial charge >= 0.3 is 31.3 Å². The summed E-state index contributed by atoms with van der Waals surface area (Å²) in [6.07, 6.45) is -3.47. The van der Waals surface area contributed by atoms with Crippen molar-refractivity contribution in [2.75, 3.05) is 13.4 Å². The van der Waals surface area contributed by atoms with Gasteiger partial charge in [0.05, 0.1) is 18.8 Å². The maximum atomic E-state index is 13.2. The Bertz CT molecular complexity index is 1070. The summed E-state index contributed by atoms with van der Waals surface area (Å²) >= 11 is 0. The molecule has 1 N–H and O–H groups in total. The highest BCUT2D eigenvalue weighted by atomic mass is 31.2. The van der Waals surface area contributed by atoms with E-state index < -0.39 is 74.8 Å². The Morgan fingerprint density at radius 2 is 1.68 bits per heavy atom. The largest absolute Gasteiger partial charge is 0.516 e. The smallest absolute Gasteiger partial charge is 0.431 e. The highest BCUT2D eigenvalue weighted by Crippen LogP contribution is 2.50. The third-order valence-electron chi connectivity index (χ3n) is 4.52. The molecule has 1 aromatic heterocycles. The van der Waals surface area contributed by atoms with Crippen LogP contribution in [0.15, 0.2) is 21.9 Å². The molecule has 16 heteroatoms. The lowest BCUT2D eigenvalue weighted by atomic mass is 10.3. The second-order valence-electron chi connectivity index (χ2n) is 7.84. The normalized spacial score (nSPS) is 15.2. The lowest BCUT2D eigenvalue weighted by Gasteiger charge is -2.24. The van der Waals surface area contributed by atoms with Crippen molar-refractivity contribution in [3.63, 3.8) is 0 Å². The Kier molecular flexibility index (Phi) is 13.2. The molecule has 0 aliphatic rings. The molecular weight excluding hydrogens is 519 g/mol. The summed E-state index contributed by atoms with van der Waals surface area (Å²) in [5.41, 5.74) is -3.03. The van der Waals surface area contributed by atoms with Gasteiger partial charge in [-0.2, -0.15) is 0 Å². The van der Waals surface area contributed by atoms with Crippen molar-refractivity contribution in [2.45, 2.75) is 78.9 Å². The SMILES string of the molecule is CCC(C)OC(=O)OCOP(=O)(OCC(CC)OC(C)n1ccc(=O)[nH]c1=O)C(=O)OC(=O)OC(C)C. The van der Waals surface area contributed by atoms with E-state index in [-0.39, 0.29) is 6.42 Å². The first-order valence-electron chi connectivity index (χ1n) is 11.4. The van der Waals surface area contributed by atoms with Crippen molar-refractivity contribution in [1.29, 1.82) is 0 Å². The van der Waals surface area contributed by atoms with Crippen molar-refractivity contribution in [3.05, 3.63) is 33.1 Å². The van der Waals surface area contributed by atoms with E-state index in [1.165, 1.54) is 27.0 Å². The monoisotopic (exact) mass is 552 g/mol. The second-order valence-corrected chi connectivity index (χ2v) is 9.72. The molecule has 0 aromatic carbocycles. The van der Waals surface area contributed by atoms with E-state index in [0.717, 1.165) is 10.6 Å². The predicted molar refractivity (Wildman–Crippen MR) is 126 cm³/mol. The Hall–Kier alpha value is -3.00. The van der Waals surface area contributed by atoms with Crippen molar-refractivity contribution in [3.8, 4) is 0 Å². The number of hydrogen-bond donors (Lipinski definition) is 1. The number of ether oxygens (including phenoxy) is 5. The van der Waals surface area contributed by atoms with Gasteiger partial charge in [0.25, 0.3) is 5.56 Å². The van der Waals surface area contributed by atoms with Gasteiger partial charge in [-0.1, -0.05) is 13.8 Å². The molecule has 0 bridgehead atoms. The first-order valence-corrected chi connectivity index (χ1v) is 13.0. The molecule has 1 aromatic rings. The molecule has 0 fully saturated rings. The van der Waals surface area contributed by atoms with Gasteiger partial charge in [-0.3, -0.25) is 23.4 Å². The van der Waals surface area contributed by atoms with Crippen LogP contribution in [0, 0.1) is 0 Å². The minimum Gasteiger partial charge on any atom is -0.431 e. The summed E-state index contributed by atoms with van der Waals surface area (Å²) in [5, 5.41) is 0. The minimum atomic E-state index is -4.89. The van der Waals surface area contributed by atoms with Gasteiger partial charge < -0.3 is 23.7 Å². The van der Waals surface area contributed by atoms with Crippen LogP contribution in [-0.4, -0.2) is 59.3 Å². The molecule has 15 nitrogen and oxygen atoms in total. The van der Waals surface area contributed by atoms with Crippen LogP contribution in [0.2, 0.25) is 0 Å². The number of aromatic amines is 1. The molecular formula is C21H33N2O13P. The van der Waals surface area contributed by atoms with E-state index >= 15 is 0 Å². The average molecular weight is 552 g/mol. The molecule has 4 atom stereocenters. The fourth-order valence-electron chi connectivity index (χ4n) is 2.40. The Morgan fingerprint density at radius 1 is 1.00 bits per heavy atom. The second kappa shape index (κ2) is 15.3. The van der Waals surface area contributed by atoms with E-state index in [9.17, 15) is 28.5 Å². The number of aromatic nitrogens is 2. The predicted octanol–water partition coefficient (Wildman–Crippen LogP) is 3.67. The lowest BCUT2D eigenvalue weighted by Crippen LogP contribution is -2.33. The van der Waals surface area contributed by atoms with Crippen LogP contribution in [0.1, 0.15) is 60.6 Å². The van der Waals surface area contributed by atoms with E-state index in [1.54, 1.807) is 20.8 Å². The molecule has 0 amide bonds. The standard InChI is InChI=1S/C21H33N2O13P/c1-7-14(5)34-19(26)30-12-32-37(29,21(28)36-20(27)33-13(3)4)31-11-16(8-2)35-15(6)23-10-9-17(24)22-18(23)25/h9-10,13-16H,7-8,11-12H2,1-6H3,(H,22,24,25). The average Bonchev–Trinajstić information content (AvgIpc) is 2.80. The molecule has 37 heavy (non-hydrogen) atoms. The number of H-pyrrole nitrogens is 1. The van der Waals surface area contributed by atoms with Crippen molar-refractivity contribution in [1.82, 2.24) is 9.55 Å². The molecule has 1 heterocycles. The van der Waals surface area contributed by atoms with Gasteiger partial charge in [-0.25, -0.2) is 23.7 Å². The molecule has 210 valence electrons. The zero-order valence-electron chi connectivity index (χ0n) is 21.5. The summed E-state index contributed by atoms with van der Waals surface area (Å²) in [5.74, 6) is 0. The van der Waals surface area contributed by atoms with Crippen LogP contribution >= 0.6 is 7.60 Å². The third kappa shape index (κ3) is 11.3. The van der Waals surface area contributed by atoms with E-state index in [0.29, 0.717) is 6.42 Å². The molecule has 0 aliphatic heterocycles. The number of nitrogens with one attached hydrogen (secondary N) is 1. The van der Waals surface area contributed by atoms with Gasteiger partial charge in [-0.05, 0) is 40.5 Å². The first-order chi connectivity index (χ1) is 17.3. The van der Waals surface area contributed by atoms with Gasteiger partial charge in [0.15, 0.2) is 0 Å². The van der Waals surface area contributed by atoms with Crippen LogP contribution in [0.4, 0.5) is 14.4 Å². The fourth-order valence-corrected chi connectivity index (χ4v) is 3.43. The quantitative estimate of drug-likeness (QED) is 0.152. The first kappa shape index (κ1) is 32.0. The highest BCUT2D eigenvalue weighted by molar-refractivity contribution is 7.71. The summed E-state index contributed by atoms with van der Waals surface area (Å²) < 4.78 is 48.6. The number of nitrogens with zero attached hydrogens (tertiary/aromatic N) is 1. The Balaban J connectivity index is 2.92. The van der Waals surface area contributed by atoms with E-state index in [4.69, 9.17) is 18.5 Å². The Morgan fingerprint density at radius 3 is 2.24 bits per heavy atom. The number of hydrogen-bond acceptors (Lipinski definition) is 13. The van der Waals surface area contributed by atoms with Crippen LogP contribution < -0.4 is 11.2 Å². The van der Waals surface area contributed by atoms with Crippen LogP contribution in [0.5, 0.6) is 0 Å². The summed E-state index contributed by atoms with van der Waals surface area (Å²) in [4.78, 5) is 61.1. The zero-order valence-corrected chi connectivity index (χ0v) is 22.4. The lowest BCUT2D eigenvalue weighted by molar-refractivity contribution is -0.0682. The van der Waals surface area contributed by atoms with Crippen LogP contribution in [0.3, 0.4) is 0 Å². The molecule has 0 saturated carbocycles. The molecule has 4 unspecified atom stereocenters. The van der Waals surface area contributed by atoms with Gasteiger partial charge in [-0.15, -0.1) is 0 Å². The number of carbonyl (C=O) groups excluding carboxylic acids is 3. The van der Waals surface area contributed by atoms with E-state index in [2.05, 4.69) is 19.2 Å². The zero-order chi connectivity index (χ0) is 28.2. The van der Waals surface area contributed by atoms with E-state index in [1.807, 2.05) is 0 Å². The molecule has 0 aliphatic carbocycles. The number of rotatable bonds is 14. The van der Waals surface area contributed by atoms with Gasteiger partial charge in [0.2, 0.25) is 6.79 Å². The van der Waals surface area contributed by atoms with Crippen molar-refractivity contribution >= 4 is 25.6 Å². The van der Waals surface area contributed by atoms with Gasteiger partial charge in [0.1, 0.15) is 12.3 Å². The summed E-state index contributed by atoms with van der Waals surface area (Å²) in [6.45, 7) is 7.99. The third-order valence-corrected chi connectivity index (χ3v) is 5.99. The molecule has 0 spiro atoms.